The maximum absolute atomic E-state index is 12.0. The van der Waals surface area contributed by atoms with Crippen molar-refractivity contribution in [1.82, 2.24) is 10.2 Å². The molecule has 3 rings (SSSR count). The minimum atomic E-state index is 0.0360. The molecule has 0 aromatic heterocycles. The van der Waals surface area contributed by atoms with Gasteiger partial charge in [-0.2, -0.15) is 0 Å². The number of hydrogen-bond acceptors (Lipinski definition) is 2. The first-order valence-electron chi connectivity index (χ1n) is 6.84. The Kier molecular flexibility index (Phi) is 2.81. The van der Waals surface area contributed by atoms with Crippen molar-refractivity contribution >= 4 is 11.8 Å². The third-order valence-electron chi connectivity index (χ3n) is 4.25. The van der Waals surface area contributed by atoms with Gasteiger partial charge in [0.2, 0.25) is 11.8 Å². The molecule has 3 fully saturated rings. The van der Waals surface area contributed by atoms with Crippen LogP contribution < -0.4 is 5.32 Å². The average molecular weight is 236 g/mol. The molecule has 1 aliphatic heterocycles. The Labute approximate surface area is 102 Å². The molecule has 17 heavy (non-hydrogen) atoms. The number of carbonyl (C=O) groups excluding carboxylic acids is 2. The van der Waals surface area contributed by atoms with Gasteiger partial charge in [0, 0.05) is 25.0 Å². The van der Waals surface area contributed by atoms with Crippen molar-refractivity contribution in [2.45, 2.75) is 57.0 Å². The molecule has 4 heteroatoms. The Hall–Kier alpha value is -1.06. The van der Waals surface area contributed by atoms with Crippen LogP contribution in [0.5, 0.6) is 0 Å². The average Bonchev–Trinajstić information content (AvgIpc) is 3.07. The lowest BCUT2D eigenvalue weighted by molar-refractivity contribution is -0.139. The molecule has 2 amide bonds. The standard InChI is InChI=1S/C13H20N2O2/c16-12-7-4-9(8-15(12)11-5-6-11)13(17)14-10-2-1-3-10/h9-11H,1-8H2,(H,14,17)/t9-/m0/s1. The van der Waals surface area contributed by atoms with Crippen LogP contribution in [-0.4, -0.2) is 35.3 Å². The van der Waals surface area contributed by atoms with E-state index in [4.69, 9.17) is 0 Å². The zero-order chi connectivity index (χ0) is 11.8. The number of carbonyl (C=O) groups is 2. The summed E-state index contributed by atoms with van der Waals surface area (Å²) in [6.07, 6.45) is 7.04. The van der Waals surface area contributed by atoms with Crippen molar-refractivity contribution in [2.75, 3.05) is 6.54 Å². The molecule has 94 valence electrons. The maximum atomic E-state index is 12.0. The predicted octanol–water partition coefficient (Wildman–Crippen LogP) is 1.06. The van der Waals surface area contributed by atoms with Gasteiger partial charge in [-0.1, -0.05) is 0 Å². The molecule has 0 spiro atoms. The highest BCUT2D eigenvalue weighted by atomic mass is 16.2. The van der Waals surface area contributed by atoms with Crippen molar-refractivity contribution in [2.24, 2.45) is 5.92 Å². The van der Waals surface area contributed by atoms with Crippen LogP contribution >= 0.6 is 0 Å². The van der Waals surface area contributed by atoms with Crippen LogP contribution in [0.4, 0.5) is 0 Å². The zero-order valence-electron chi connectivity index (χ0n) is 10.2. The van der Waals surface area contributed by atoms with Crippen LogP contribution in [0, 0.1) is 5.92 Å². The largest absolute Gasteiger partial charge is 0.353 e. The highest BCUT2D eigenvalue weighted by Gasteiger charge is 2.39. The Balaban J connectivity index is 1.55. The van der Waals surface area contributed by atoms with Gasteiger partial charge in [0.1, 0.15) is 0 Å². The van der Waals surface area contributed by atoms with Crippen LogP contribution in [0.15, 0.2) is 0 Å². The molecule has 1 heterocycles. The van der Waals surface area contributed by atoms with E-state index in [1.54, 1.807) is 0 Å². The summed E-state index contributed by atoms with van der Waals surface area (Å²) in [7, 11) is 0. The van der Waals surface area contributed by atoms with Crippen LogP contribution in [0.25, 0.3) is 0 Å². The third-order valence-corrected chi connectivity index (χ3v) is 4.25. The fourth-order valence-corrected chi connectivity index (χ4v) is 2.70. The predicted molar refractivity (Wildman–Crippen MR) is 63.2 cm³/mol. The first kappa shape index (κ1) is 11.1. The van der Waals surface area contributed by atoms with Crippen molar-refractivity contribution in [3.05, 3.63) is 0 Å². The summed E-state index contributed by atoms with van der Waals surface area (Å²) in [5.74, 6) is 0.460. The van der Waals surface area contributed by atoms with Gasteiger partial charge in [0.15, 0.2) is 0 Å². The van der Waals surface area contributed by atoms with E-state index in [2.05, 4.69) is 5.32 Å². The van der Waals surface area contributed by atoms with E-state index in [1.165, 1.54) is 6.42 Å². The van der Waals surface area contributed by atoms with E-state index in [-0.39, 0.29) is 17.7 Å². The second-order valence-electron chi connectivity index (χ2n) is 5.65. The summed E-state index contributed by atoms with van der Waals surface area (Å²) in [5, 5.41) is 3.10. The van der Waals surface area contributed by atoms with E-state index < -0.39 is 0 Å². The number of likely N-dealkylation sites (tertiary alicyclic amines) is 1. The van der Waals surface area contributed by atoms with Gasteiger partial charge < -0.3 is 10.2 Å². The smallest absolute Gasteiger partial charge is 0.225 e. The SMILES string of the molecule is O=C(NC1CCC1)[C@H]1CCC(=O)N(C2CC2)C1. The number of amides is 2. The Morgan fingerprint density at radius 3 is 2.53 bits per heavy atom. The monoisotopic (exact) mass is 236 g/mol. The lowest BCUT2D eigenvalue weighted by atomic mass is 9.91. The van der Waals surface area contributed by atoms with E-state index >= 15 is 0 Å². The molecule has 1 saturated heterocycles. The summed E-state index contributed by atoms with van der Waals surface area (Å²) in [4.78, 5) is 25.7. The first-order valence-corrected chi connectivity index (χ1v) is 6.84. The molecule has 1 atom stereocenters. The molecule has 0 unspecified atom stereocenters. The summed E-state index contributed by atoms with van der Waals surface area (Å²) < 4.78 is 0. The van der Waals surface area contributed by atoms with Gasteiger partial charge >= 0.3 is 0 Å². The lowest BCUT2D eigenvalue weighted by Gasteiger charge is -2.34. The second-order valence-corrected chi connectivity index (χ2v) is 5.65. The molecule has 0 radical (unpaired) electrons. The summed E-state index contributed by atoms with van der Waals surface area (Å²) >= 11 is 0. The quantitative estimate of drug-likeness (QED) is 0.796. The highest BCUT2D eigenvalue weighted by molar-refractivity contribution is 5.84. The Bertz CT molecular complexity index is 334. The molecule has 1 N–H and O–H groups in total. The van der Waals surface area contributed by atoms with E-state index in [0.717, 1.165) is 32.1 Å². The Morgan fingerprint density at radius 1 is 1.18 bits per heavy atom. The maximum Gasteiger partial charge on any atom is 0.225 e. The molecule has 4 nitrogen and oxygen atoms in total. The molecule has 0 aromatic carbocycles. The number of hydrogen-bond donors (Lipinski definition) is 1. The van der Waals surface area contributed by atoms with Crippen molar-refractivity contribution in [1.29, 1.82) is 0 Å². The minimum absolute atomic E-state index is 0.0360. The molecule has 3 aliphatic rings. The van der Waals surface area contributed by atoms with E-state index in [0.29, 0.717) is 25.0 Å². The number of nitrogens with one attached hydrogen (secondary N) is 1. The number of rotatable bonds is 3. The third kappa shape index (κ3) is 2.31. The fraction of sp³-hybridized carbons (Fsp3) is 0.846. The normalized spacial score (nSPS) is 30.0. The van der Waals surface area contributed by atoms with E-state index in [9.17, 15) is 9.59 Å². The number of piperidine rings is 1. The number of nitrogens with zero attached hydrogens (tertiary/aromatic N) is 1. The zero-order valence-corrected chi connectivity index (χ0v) is 10.2. The summed E-state index contributed by atoms with van der Waals surface area (Å²) in [5.41, 5.74) is 0. The lowest BCUT2D eigenvalue weighted by Crippen LogP contribution is -2.49. The van der Waals surface area contributed by atoms with Crippen LogP contribution in [0.3, 0.4) is 0 Å². The Morgan fingerprint density at radius 2 is 1.94 bits per heavy atom. The van der Waals surface area contributed by atoms with Gasteiger partial charge in [0.05, 0.1) is 5.92 Å². The first-order chi connectivity index (χ1) is 8.24. The van der Waals surface area contributed by atoms with Crippen LogP contribution in [0.2, 0.25) is 0 Å². The molecule has 2 saturated carbocycles. The van der Waals surface area contributed by atoms with Crippen LogP contribution in [-0.2, 0) is 9.59 Å². The van der Waals surface area contributed by atoms with Gasteiger partial charge in [-0.3, -0.25) is 9.59 Å². The highest BCUT2D eigenvalue weighted by Crippen LogP contribution is 2.32. The van der Waals surface area contributed by atoms with Crippen LogP contribution in [0.1, 0.15) is 44.9 Å². The van der Waals surface area contributed by atoms with Gasteiger partial charge in [-0.15, -0.1) is 0 Å². The molecule has 0 aromatic rings. The molecular weight excluding hydrogens is 216 g/mol. The molecule has 0 bridgehead atoms. The molecular formula is C13H20N2O2. The van der Waals surface area contributed by atoms with Gasteiger partial charge in [-0.25, -0.2) is 0 Å². The topological polar surface area (TPSA) is 49.4 Å². The second kappa shape index (κ2) is 4.31. The summed E-state index contributed by atoms with van der Waals surface area (Å²) in [6, 6.07) is 0.858. The fourth-order valence-electron chi connectivity index (χ4n) is 2.70. The van der Waals surface area contributed by atoms with Crippen molar-refractivity contribution in [3.8, 4) is 0 Å². The van der Waals surface area contributed by atoms with Gasteiger partial charge in [-0.05, 0) is 38.5 Å². The van der Waals surface area contributed by atoms with E-state index in [1.807, 2.05) is 4.90 Å². The van der Waals surface area contributed by atoms with Crippen molar-refractivity contribution in [3.63, 3.8) is 0 Å². The summed E-state index contributed by atoms with van der Waals surface area (Å²) in [6.45, 7) is 0.655. The minimum Gasteiger partial charge on any atom is -0.353 e. The molecule has 2 aliphatic carbocycles. The van der Waals surface area contributed by atoms with Gasteiger partial charge in [0.25, 0.3) is 0 Å². The van der Waals surface area contributed by atoms with Crippen molar-refractivity contribution < 1.29 is 9.59 Å².